The Labute approximate surface area is 85.2 Å². The molecule has 2 fully saturated rings. The second-order valence-corrected chi connectivity index (χ2v) is 4.48. The zero-order valence-corrected chi connectivity index (χ0v) is 8.84. The van der Waals surface area contributed by atoms with E-state index in [1.807, 2.05) is 6.92 Å². The second kappa shape index (κ2) is 3.89. The van der Waals surface area contributed by atoms with Gasteiger partial charge in [-0.05, 0) is 45.6 Å². The highest BCUT2D eigenvalue weighted by molar-refractivity contribution is 5.72. The summed E-state index contributed by atoms with van der Waals surface area (Å²) in [6.45, 7) is 3.54. The van der Waals surface area contributed by atoms with Gasteiger partial charge in [0, 0.05) is 5.54 Å². The molecule has 1 aliphatic carbocycles. The quantitative estimate of drug-likeness (QED) is 0.681. The molecule has 1 N–H and O–H groups in total. The first kappa shape index (κ1) is 9.97. The SMILES string of the molecule is CCOC(=O)C1CCC2(CCN2)CC1. The van der Waals surface area contributed by atoms with Crippen LogP contribution in [0.3, 0.4) is 0 Å². The molecule has 80 valence electrons. The van der Waals surface area contributed by atoms with Gasteiger partial charge in [-0.3, -0.25) is 4.79 Å². The molecule has 1 aliphatic heterocycles. The van der Waals surface area contributed by atoms with E-state index in [2.05, 4.69) is 5.32 Å². The lowest BCUT2D eigenvalue weighted by atomic mass is 9.71. The molecule has 0 amide bonds. The van der Waals surface area contributed by atoms with Gasteiger partial charge in [-0.25, -0.2) is 0 Å². The summed E-state index contributed by atoms with van der Waals surface area (Å²) in [5.41, 5.74) is 0.406. The molecular weight excluding hydrogens is 178 g/mol. The molecule has 0 aromatic heterocycles. The van der Waals surface area contributed by atoms with Crippen molar-refractivity contribution in [3.8, 4) is 0 Å². The van der Waals surface area contributed by atoms with Crippen LogP contribution in [0.1, 0.15) is 39.0 Å². The van der Waals surface area contributed by atoms with Crippen molar-refractivity contribution in [3.05, 3.63) is 0 Å². The number of nitrogens with one attached hydrogen (secondary N) is 1. The highest BCUT2D eigenvalue weighted by atomic mass is 16.5. The Hall–Kier alpha value is -0.570. The van der Waals surface area contributed by atoms with Crippen LogP contribution in [0.2, 0.25) is 0 Å². The summed E-state index contributed by atoms with van der Waals surface area (Å²) in [5.74, 6) is 0.185. The van der Waals surface area contributed by atoms with Crippen molar-refractivity contribution in [1.29, 1.82) is 0 Å². The van der Waals surface area contributed by atoms with Gasteiger partial charge in [0.1, 0.15) is 0 Å². The molecule has 14 heavy (non-hydrogen) atoms. The maximum absolute atomic E-state index is 11.5. The fourth-order valence-corrected chi connectivity index (χ4v) is 2.57. The van der Waals surface area contributed by atoms with Crippen LogP contribution >= 0.6 is 0 Å². The number of carbonyl (C=O) groups is 1. The Balaban J connectivity index is 1.80. The highest BCUT2D eigenvalue weighted by Gasteiger charge is 2.41. The van der Waals surface area contributed by atoms with E-state index in [0.717, 1.165) is 32.2 Å². The van der Waals surface area contributed by atoms with Crippen molar-refractivity contribution >= 4 is 5.97 Å². The van der Waals surface area contributed by atoms with Crippen molar-refractivity contribution in [2.75, 3.05) is 13.2 Å². The largest absolute Gasteiger partial charge is 0.466 e. The van der Waals surface area contributed by atoms with Crippen LogP contribution in [0.5, 0.6) is 0 Å². The lowest BCUT2D eigenvalue weighted by Crippen LogP contribution is -2.58. The van der Waals surface area contributed by atoms with Crippen molar-refractivity contribution in [3.63, 3.8) is 0 Å². The summed E-state index contributed by atoms with van der Waals surface area (Å²) in [5, 5.41) is 3.50. The molecule has 3 nitrogen and oxygen atoms in total. The van der Waals surface area contributed by atoms with Crippen LogP contribution in [-0.4, -0.2) is 24.7 Å². The third kappa shape index (κ3) is 1.78. The second-order valence-electron chi connectivity index (χ2n) is 4.48. The van der Waals surface area contributed by atoms with E-state index in [1.165, 1.54) is 6.42 Å². The molecule has 2 rings (SSSR count). The fraction of sp³-hybridized carbons (Fsp3) is 0.909. The summed E-state index contributed by atoms with van der Waals surface area (Å²) >= 11 is 0. The predicted octanol–water partition coefficient (Wildman–Crippen LogP) is 1.47. The molecule has 3 heteroatoms. The Bertz CT molecular complexity index is 213. The van der Waals surface area contributed by atoms with E-state index in [-0.39, 0.29) is 11.9 Å². The van der Waals surface area contributed by atoms with Gasteiger partial charge in [0.15, 0.2) is 0 Å². The summed E-state index contributed by atoms with van der Waals surface area (Å²) in [7, 11) is 0. The molecule has 0 aromatic rings. The van der Waals surface area contributed by atoms with Gasteiger partial charge < -0.3 is 10.1 Å². The number of hydrogen-bond donors (Lipinski definition) is 1. The Morgan fingerprint density at radius 3 is 2.50 bits per heavy atom. The maximum Gasteiger partial charge on any atom is 0.308 e. The minimum absolute atomic E-state index is 0.0154. The normalized spacial score (nSPS) is 36.5. The van der Waals surface area contributed by atoms with Crippen LogP contribution in [0.15, 0.2) is 0 Å². The first-order valence-electron chi connectivity index (χ1n) is 5.67. The molecule has 0 unspecified atom stereocenters. The third-order valence-electron chi connectivity index (χ3n) is 3.67. The zero-order chi connectivity index (χ0) is 10.0. The Morgan fingerprint density at radius 2 is 2.07 bits per heavy atom. The minimum Gasteiger partial charge on any atom is -0.466 e. The van der Waals surface area contributed by atoms with Crippen LogP contribution in [0.4, 0.5) is 0 Å². The topological polar surface area (TPSA) is 38.3 Å². The molecule has 1 heterocycles. The lowest BCUT2D eigenvalue weighted by Gasteiger charge is -2.47. The molecule has 0 bridgehead atoms. The molecule has 0 aromatic carbocycles. The van der Waals surface area contributed by atoms with Gasteiger partial charge in [-0.1, -0.05) is 0 Å². The first-order valence-corrected chi connectivity index (χ1v) is 5.67. The number of esters is 1. The van der Waals surface area contributed by atoms with Crippen molar-refractivity contribution < 1.29 is 9.53 Å². The Morgan fingerprint density at radius 1 is 1.43 bits per heavy atom. The van der Waals surface area contributed by atoms with Gasteiger partial charge in [-0.15, -0.1) is 0 Å². The van der Waals surface area contributed by atoms with Gasteiger partial charge in [-0.2, -0.15) is 0 Å². The monoisotopic (exact) mass is 197 g/mol. The zero-order valence-electron chi connectivity index (χ0n) is 8.84. The van der Waals surface area contributed by atoms with Gasteiger partial charge in [0.2, 0.25) is 0 Å². The first-order chi connectivity index (χ1) is 6.76. The van der Waals surface area contributed by atoms with E-state index < -0.39 is 0 Å². The molecule has 1 saturated heterocycles. The van der Waals surface area contributed by atoms with E-state index >= 15 is 0 Å². The summed E-state index contributed by atoms with van der Waals surface area (Å²) in [4.78, 5) is 11.5. The third-order valence-corrected chi connectivity index (χ3v) is 3.67. The van der Waals surface area contributed by atoms with Crippen molar-refractivity contribution in [1.82, 2.24) is 5.32 Å². The summed E-state index contributed by atoms with van der Waals surface area (Å²) in [6.07, 6.45) is 5.60. The van der Waals surface area contributed by atoms with Crippen molar-refractivity contribution in [2.45, 2.75) is 44.6 Å². The predicted molar refractivity (Wildman–Crippen MR) is 53.9 cm³/mol. The van der Waals surface area contributed by atoms with E-state index in [0.29, 0.717) is 12.1 Å². The Kier molecular flexibility index (Phi) is 2.77. The standard InChI is InChI=1S/C11H19NO2/c1-2-14-10(13)9-3-5-11(6-4-9)7-8-12-11/h9,12H,2-8H2,1H3. The number of hydrogen-bond acceptors (Lipinski definition) is 3. The maximum atomic E-state index is 11.5. The summed E-state index contributed by atoms with van der Waals surface area (Å²) < 4.78 is 5.04. The van der Waals surface area contributed by atoms with Crippen LogP contribution < -0.4 is 5.32 Å². The lowest BCUT2D eigenvalue weighted by molar-refractivity contribution is -0.149. The van der Waals surface area contributed by atoms with E-state index in [9.17, 15) is 4.79 Å². The summed E-state index contributed by atoms with van der Waals surface area (Å²) in [6, 6.07) is 0. The van der Waals surface area contributed by atoms with Crippen LogP contribution in [0.25, 0.3) is 0 Å². The van der Waals surface area contributed by atoms with Crippen LogP contribution in [-0.2, 0) is 9.53 Å². The van der Waals surface area contributed by atoms with Gasteiger partial charge >= 0.3 is 5.97 Å². The molecule has 0 radical (unpaired) electrons. The van der Waals surface area contributed by atoms with E-state index in [1.54, 1.807) is 0 Å². The van der Waals surface area contributed by atoms with E-state index in [4.69, 9.17) is 4.74 Å². The molecule has 1 spiro atoms. The average Bonchev–Trinajstić information content (AvgIpc) is 2.16. The molecule has 2 aliphatic rings. The number of carbonyl (C=O) groups excluding carboxylic acids is 1. The highest BCUT2D eigenvalue weighted by Crippen LogP contribution is 2.38. The van der Waals surface area contributed by atoms with Crippen LogP contribution in [0, 0.1) is 5.92 Å². The fourth-order valence-electron chi connectivity index (χ4n) is 2.57. The van der Waals surface area contributed by atoms with Gasteiger partial charge in [0.25, 0.3) is 0 Å². The number of rotatable bonds is 2. The smallest absolute Gasteiger partial charge is 0.308 e. The average molecular weight is 197 g/mol. The molecule has 0 atom stereocenters. The molecule has 1 saturated carbocycles. The number of ether oxygens (including phenoxy) is 1. The van der Waals surface area contributed by atoms with Crippen molar-refractivity contribution in [2.24, 2.45) is 5.92 Å². The molecular formula is C11H19NO2. The minimum atomic E-state index is 0.0154. The van der Waals surface area contributed by atoms with Gasteiger partial charge in [0.05, 0.1) is 12.5 Å².